The van der Waals surface area contributed by atoms with Crippen molar-refractivity contribution >= 4 is 27.7 Å². The number of hydrogen-bond donors (Lipinski definition) is 1. The fraction of sp³-hybridized carbons (Fsp3) is 0.286. The molecule has 19 heavy (non-hydrogen) atoms. The molecule has 0 aromatic carbocycles. The maximum atomic E-state index is 12.2. The molecule has 1 amide bonds. The van der Waals surface area contributed by atoms with E-state index >= 15 is 0 Å². The molecule has 1 aliphatic carbocycles. The van der Waals surface area contributed by atoms with Crippen LogP contribution in [0, 0.1) is 0 Å². The highest BCUT2D eigenvalue weighted by Crippen LogP contribution is 2.32. The lowest BCUT2D eigenvalue weighted by Gasteiger charge is -2.28. The van der Waals surface area contributed by atoms with Gasteiger partial charge in [0.15, 0.2) is 0 Å². The SMILES string of the molecule is O=C(Nc1ccc(Br)cn1)c1cccn1C1CCC1. The minimum absolute atomic E-state index is 0.105. The topological polar surface area (TPSA) is 46.9 Å². The molecular weight excluding hydrogens is 306 g/mol. The van der Waals surface area contributed by atoms with Crippen LogP contribution in [0.5, 0.6) is 0 Å². The van der Waals surface area contributed by atoms with Crippen LogP contribution in [-0.2, 0) is 0 Å². The first-order valence-corrected chi connectivity index (χ1v) is 7.13. The first-order valence-electron chi connectivity index (χ1n) is 6.34. The molecule has 1 N–H and O–H groups in total. The van der Waals surface area contributed by atoms with Crippen molar-refractivity contribution in [1.82, 2.24) is 9.55 Å². The minimum Gasteiger partial charge on any atom is -0.340 e. The Morgan fingerprint density at radius 1 is 1.37 bits per heavy atom. The molecule has 5 heteroatoms. The Bertz CT molecular complexity index is 587. The molecule has 2 heterocycles. The molecule has 3 rings (SSSR count). The van der Waals surface area contributed by atoms with Crippen LogP contribution in [0.15, 0.2) is 41.1 Å². The first-order chi connectivity index (χ1) is 9.24. The smallest absolute Gasteiger partial charge is 0.273 e. The molecule has 0 unspecified atom stereocenters. The summed E-state index contributed by atoms with van der Waals surface area (Å²) >= 11 is 3.32. The second kappa shape index (κ2) is 5.17. The van der Waals surface area contributed by atoms with E-state index in [1.807, 2.05) is 24.4 Å². The van der Waals surface area contributed by atoms with Crippen molar-refractivity contribution in [2.24, 2.45) is 0 Å². The van der Waals surface area contributed by atoms with Crippen molar-refractivity contribution in [2.45, 2.75) is 25.3 Å². The van der Waals surface area contributed by atoms with Gasteiger partial charge in [-0.05, 0) is 59.5 Å². The third-order valence-corrected chi connectivity index (χ3v) is 3.92. The number of nitrogens with zero attached hydrogens (tertiary/aromatic N) is 2. The molecular formula is C14H14BrN3O. The zero-order valence-corrected chi connectivity index (χ0v) is 11.9. The highest BCUT2D eigenvalue weighted by molar-refractivity contribution is 9.10. The van der Waals surface area contributed by atoms with E-state index in [-0.39, 0.29) is 5.91 Å². The largest absolute Gasteiger partial charge is 0.340 e. The van der Waals surface area contributed by atoms with E-state index in [1.54, 1.807) is 12.3 Å². The van der Waals surface area contributed by atoms with E-state index in [9.17, 15) is 4.79 Å². The van der Waals surface area contributed by atoms with Crippen molar-refractivity contribution < 1.29 is 4.79 Å². The van der Waals surface area contributed by atoms with Gasteiger partial charge in [0, 0.05) is 22.9 Å². The van der Waals surface area contributed by atoms with Crippen LogP contribution in [0.3, 0.4) is 0 Å². The fourth-order valence-corrected chi connectivity index (χ4v) is 2.43. The second-order valence-corrected chi connectivity index (χ2v) is 5.62. The third-order valence-electron chi connectivity index (χ3n) is 3.45. The van der Waals surface area contributed by atoms with Crippen molar-refractivity contribution in [3.05, 3.63) is 46.8 Å². The average molecular weight is 320 g/mol. The predicted molar refractivity (Wildman–Crippen MR) is 77.2 cm³/mol. The van der Waals surface area contributed by atoms with Crippen LogP contribution in [0.1, 0.15) is 35.8 Å². The Morgan fingerprint density at radius 2 is 2.21 bits per heavy atom. The van der Waals surface area contributed by atoms with E-state index in [0.29, 0.717) is 17.6 Å². The molecule has 1 aliphatic rings. The van der Waals surface area contributed by atoms with Gasteiger partial charge in [-0.3, -0.25) is 4.79 Å². The third kappa shape index (κ3) is 2.56. The summed E-state index contributed by atoms with van der Waals surface area (Å²) in [7, 11) is 0. The normalized spacial score (nSPS) is 15.0. The summed E-state index contributed by atoms with van der Waals surface area (Å²) in [6.45, 7) is 0. The van der Waals surface area contributed by atoms with Gasteiger partial charge in [-0.2, -0.15) is 0 Å². The Morgan fingerprint density at radius 3 is 2.84 bits per heavy atom. The van der Waals surface area contributed by atoms with E-state index in [2.05, 4.69) is 30.8 Å². The van der Waals surface area contributed by atoms with Gasteiger partial charge in [-0.15, -0.1) is 0 Å². The maximum absolute atomic E-state index is 12.2. The molecule has 0 aliphatic heterocycles. The first kappa shape index (κ1) is 12.4. The molecule has 2 aromatic rings. The van der Waals surface area contributed by atoms with Crippen molar-refractivity contribution in [3.8, 4) is 0 Å². The minimum atomic E-state index is -0.105. The summed E-state index contributed by atoms with van der Waals surface area (Å²) in [5.74, 6) is 0.460. The molecule has 0 radical (unpaired) electrons. The van der Waals surface area contributed by atoms with Crippen molar-refractivity contribution in [2.75, 3.05) is 5.32 Å². The maximum Gasteiger partial charge on any atom is 0.273 e. The van der Waals surface area contributed by atoms with Gasteiger partial charge in [-0.25, -0.2) is 4.98 Å². The van der Waals surface area contributed by atoms with Gasteiger partial charge >= 0.3 is 0 Å². The molecule has 2 aromatic heterocycles. The van der Waals surface area contributed by atoms with Crippen LogP contribution in [-0.4, -0.2) is 15.5 Å². The fourth-order valence-electron chi connectivity index (χ4n) is 2.20. The molecule has 4 nitrogen and oxygen atoms in total. The van der Waals surface area contributed by atoms with E-state index < -0.39 is 0 Å². The number of carbonyl (C=O) groups excluding carboxylic acids is 1. The Balaban J connectivity index is 1.76. The van der Waals surface area contributed by atoms with Gasteiger partial charge in [0.2, 0.25) is 0 Å². The number of rotatable bonds is 3. The Hall–Kier alpha value is -1.62. The number of anilines is 1. The standard InChI is InChI=1S/C14H14BrN3O/c15-10-6-7-13(16-9-10)17-14(19)12-5-2-8-18(12)11-3-1-4-11/h2,5-9,11H,1,3-4H2,(H,16,17,19). The number of aromatic nitrogens is 2. The Kier molecular flexibility index (Phi) is 3.38. The van der Waals surface area contributed by atoms with Crippen molar-refractivity contribution in [3.63, 3.8) is 0 Å². The molecule has 98 valence electrons. The molecule has 0 saturated heterocycles. The van der Waals surface area contributed by atoms with Crippen LogP contribution in [0.4, 0.5) is 5.82 Å². The highest BCUT2D eigenvalue weighted by Gasteiger charge is 2.23. The monoisotopic (exact) mass is 319 g/mol. The highest BCUT2D eigenvalue weighted by atomic mass is 79.9. The van der Waals surface area contributed by atoms with Crippen molar-refractivity contribution in [1.29, 1.82) is 0 Å². The molecule has 1 fully saturated rings. The number of hydrogen-bond acceptors (Lipinski definition) is 2. The predicted octanol–water partition coefficient (Wildman–Crippen LogP) is 3.62. The summed E-state index contributed by atoms with van der Waals surface area (Å²) in [4.78, 5) is 16.4. The zero-order valence-electron chi connectivity index (χ0n) is 10.3. The lowest BCUT2D eigenvalue weighted by molar-refractivity contribution is 0.101. The lowest BCUT2D eigenvalue weighted by Crippen LogP contribution is -2.23. The molecule has 1 saturated carbocycles. The van der Waals surface area contributed by atoms with Crippen LogP contribution in [0.25, 0.3) is 0 Å². The molecule has 0 atom stereocenters. The zero-order chi connectivity index (χ0) is 13.2. The lowest BCUT2D eigenvalue weighted by atomic mass is 9.93. The number of amides is 1. The molecule has 0 bridgehead atoms. The quantitative estimate of drug-likeness (QED) is 0.939. The van der Waals surface area contributed by atoms with E-state index in [4.69, 9.17) is 0 Å². The van der Waals surface area contributed by atoms with Crippen LogP contribution >= 0.6 is 15.9 Å². The van der Waals surface area contributed by atoms with Gasteiger partial charge in [-0.1, -0.05) is 0 Å². The van der Waals surface area contributed by atoms with Gasteiger partial charge in [0.05, 0.1) is 0 Å². The van der Waals surface area contributed by atoms with Gasteiger partial charge in [0.1, 0.15) is 11.5 Å². The van der Waals surface area contributed by atoms with E-state index in [0.717, 1.165) is 17.3 Å². The van der Waals surface area contributed by atoms with Gasteiger partial charge in [0.25, 0.3) is 5.91 Å². The van der Waals surface area contributed by atoms with Gasteiger partial charge < -0.3 is 9.88 Å². The van der Waals surface area contributed by atoms with Crippen LogP contribution in [0.2, 0.25) is 0 Å². The van der Waals surface area contributed by atoms with E-state index in [1.165, 1.54) is 6.42 Å². The summed E-state index contributed by atoms with van der Waals surface area (Å²) in [6.07, 6.45) is 7.21. The Labute approximate surface area is 120 Å². The average Bonchev–Trinajstić information content (AvgIpc) is 2.79. The molecule has 0 spiro atoms. The summed E-state index contributed by atoms with van der Waals surface area (Å²) < 4.78 is 2.96. The summed E-state index contributed by atoms with van der Waals surface area (Å²) in [6, 6.07) is 7.88. The number of carbonyl (C=O) groups is 1. The number of nitrogens with one attached hydrogen (secondary N) is 1. The second-order valence-electron chi connectivity index (χ2n) is 4.70. The number of halogens is 1. The summed E-state index contributed by atoms with van der Waals surface area (Å²) in [5.41, 5.74) is 0.703. The summed E-state index contributed by atoms with van der Waals surface area (Å²) in [5, 5.41) is 2.82. The number of pyridine rings is 1. The van der Waals surface area contributed by atoms with Crippen LogP contribution < -0.4 is 5.32 Å².